The molecule has 0 spiro atoms. The number of nitrogens with one attached hydrogen (secondary N) is 2. The smallest absolute Gasteiger partial charge is 0.239 e. The van der Waals surface area contributed by atoms with Gasteiger partial charge >= 0.3 is 0 Å². The molecular formula is C15H29N3O2. The second kappa shape index (κ2) is 7.62. The summed E-state index contributed by atoms with van der Waals surface area (Å²) in [6.45, 7) is 3.96. The van der Waals surface area contributed by atoms with Crippen molar-refractivity contribution in [2.45, 2.75) is 64.0 Å². The van der Waals surface area contributed by atoms with Crippen molar-refractivity contribution in [3.8, 4) is 0 Å². The fourth-order valence-electron chi connectivity index (χ4n) is 2.84. The maximum Gasteiger partial charge on any atom is 0.239 e. The lowest BCUT2D eigenvalue weighted by Crippen LogP contribution is -2.49. The molecule has 20 heavy (non-hydrogen) atoms. The van der Waals surface area contributed by atoms with Gasteiger partial charge in [0.15, 0.2) is 0 Å². The van der Waals surface area contributed by atoms with Crippen LogP contribution in [-0.2, 0) is 9.59 Å². The van der Waals surface area contributed by atoms with Gasteiger partial charge in [-0.25, -0.2) is 0 Å². The molecule has 5 heteroatoms. The number of likely N-dealkylation sites (N-methyl/N-ethyl adjacent to an activating group) is 1. The Labute approximate surface area is 122 Å². The summed E-state index contributed by atoms with van der Waals surface area (Å²) < 4.78 is 0. The Balaban J connectivity index is 2.49. The zero-order valence-corrected chi connectivity index (χ0v) is 13.3. The van der Waals surface area contributed by atoms with Gasteiger partial charge in [0.25, 0.3) is 0 Å². The van der Waals surface area contributed by atoms with Gasteiger partial charge < -0.3 is 15.5 Å². The van der Waals surface area contributed by atoms with Crippen LogP contribution < -0.4 is 10.6 Å². The summed E-state index contributed by atoms with van der Waals surface area (Å²) in [5, 5.41) is 6.15. The van der Waals surface area contributed by atoms with Gasteiger partial charge in [-0.05, 0) is 33.7 Å². The molecule has 0 heterocycles. The van der Waals surface area contributed by atoms with E-state index in [2.05, 4.69) is 10.6 Å². The van der Waals surface area contributed by atoms with Crippen molar-refractivity contribution >= 4 is 11.8 Å². The molecule has 5 nitrogen and oxygen atoms in total. The van der Waals surface area contributed by atoms with Crippen LogP contribution in [0.2, 0.25) is 0 Å². The third kappa shape index (κ3) is 5.12. The van der Waals surface area contributed by atoms with Crippen LogP contribution in [0.15, 0.2) is 0 Å². The minimum atomic E-state index is -0.0991. The van der Waals surface area contributed by atoms with Gasteiger partial charge in [0.1, 0.15) is 0 Å². The summed E-state index contributed by atoms with van der Waals surface area (Å²) in [6.07, 6.45) is 6.17. The zero-order chi connectivity index (χ0) is 15.2. The van der Waals surface area contributed by atoms with Crippen molar-refractivity contribution in [1.82, 2.24) is 15.5 Å². The summed E-state index contributed by atoms with van der Waals surface area (Å²) >= 11 is 0. The third-order valence-corrected chi connectivity index (χ3v) is 4.09. The van der Waals surface area contributed by atoms with Gasteiger partial charge in [0.05, 0.1) is 6.54 Å². The highest BCUT2D eigenvalue weighted by Gasteiger charge is 2.33. The van der Waals surface area contributed by atoms with Crippen molar-refractivity contribution in [2.24, 2.45) is 0 Å². The molecule has 0 atom stereocenters. The van der Waals surface area contributed by atoms with E-state index in [0.29, 0.717) is 6.42 Å². The monoisotopic (exact) mass is 283 g/mol. The SMILES string of the molecule is CNC1(CC(=O)N(C)CC(=O)NC(C)C)CCCCC1. The van der Waals surface area contributed by atoms with Gasteiger partial charge in [-0.2, -0.15) is 0 Å². The number of carbonyl (C=O) groups excluding carboxylic acids is 2. The van der Waals surface area contributed by atoms with Crippen LogP contribution in [0.25, 0.3) is 0 Å². The Kier molecular flexibility index (Phi) is 6.46. The van der Waals surface area contributed by atoms with E-state index in [1.165, 1.54) is 24.2 Å². The fraction of sp³-hybridized carbons (Fsp3) is 0.867. The second-order valence-electron chi connectivity index (χ2n) is 6.24. The highest BCUT2D eigenvalue weighted by atomic mass is 16.2. The third-order valence-electron chi connectivity index (χ3n) is 4.09. The lowest BCUT2D eigenvalue weighted by atomic mass is 9.79. The summed E-state index contributed by atoms with van der Waals surface area (Å²) in [7, 11) is 3.64. The molecule has 0 radical (unpaired) electrons. The Hall–Kier alpha value is -1.10. The number of hydrogen-bond donors (Lipinski definition) is 2. The Morgan fingerprint density at radius 2 is 1.80 bits per heavy atom. The molecule has 0 aromatic heterocycles. The van der Waals surface area contributed by atoms with E-state index in [1.54, 1.807) is 7.05 Å². The molecule has 1 rings (SSSR count). The largest absolute Gasteiger partial charge is 0.352 e. The number of amides is 2. The van der Waals surface area contributed by atoms with E-state index in [9.17, 15) is 9.59 Å². The molecule has 0 bridgehead atoms. The summed E-state index contributed by atoms with van der Waals surface area (Å²) in [5.74, 6) is -0.0573. The first-order chi connectivity index (χ1) is 9.38. The molecule has 0 aliphatic heterocycles. The zero-order valence-electron chi connectivity index (χ0n) is 13.3. The van der Waals surface area contributed by atoms with Crippen LogP contribution in [0.4, 0.5) is 0 Å². The summed E-state index contributed by atoms with van der Waals surface area (Å²) in [4.78, 5) is 25.5. The highest BCUT2D eigenvalue weighted by molar-refractivity contribution is 5.85. The topological polar surface area (TPSA) is 61.4 Å². The summed E-state index contributed by atoms with van der Waals surface area (Å²) in [6, 6.07) is 0.105. The van der Waals surface area contributed by atoms with E-state index in [4.69, 9.17) is 0 Å². The Morgan fingerprint density at radius 1 is 1.20 bits per heavy atom. The van der Waals surface area contributed by atoms with E-state index >= 15 is 0 Å². The molecule has 116 valence electrons. The Morgan fingerprint density at radius 3 is 2.30 bits per heavy atom. The first-order valence-corrected chi connectivity index (χ1v) is 7.61. The van der Waals surface area contributed by atoms with Crippen LogP contribution in [0, 0.1) is 0 Å². The maximum absolute atomic E-state index is 12.3. The lowest BCUT2D eigenvalue weighted by Gasteiger charge is -2.37. The number of hydrogen-bond acceptors (Lipinski definition) is 3. The minimum Gasteiger partial charge on any atom is -0.352 e. The van der Waals surface area contributed by atoms with Gasteiger partial charge in [-0.1, -0.05) is 19.3 Å². The van der Waals surface area contributed by atoms with Crippen molar-refractivity contribution in [1.29, 1.82) is 0 Å². The van der Waals surface area contributed by atoms with Gasteiger partial charge in [0.2, 0.25) is 11.8 Å². The molecule has 0 saturated heterocycles. The van der Waals surface area contributed by atoms with E-state index in [0.717, 1.165) is 12.8 Å². The van der Waals surface area contributed by atoms with E-state index in [1.807, 2.05) is 20.9 Å². The minimum absolute atomic E-state index is 0.0418. The van der Waals surface area contributed by atoms with Crippen LogP contribution in [0.5, 0.6) is 0 Å². The first-order valence-electron chi connectivity index (χ1n) is 7.61. The van der Waals surface area contributed by atoms with Crippen LogP contribution >= 0.6 is 0 Å². The van der Waals surface area contributed by atoms with Crippen molar-refractivity contribution in [3.05, 3.63) is 0 Å². The Bertz CT molecular complexity index is 336. The van der Waals surface area contributed by atoms with Crippen molar-refractivity contribution in [2.75, 3.05) is 20.6 Å². The molecule has 1 fully saturated rings. The predicted octanol–water partition coefficient (Wildman–Crippen LogP) is 1.28. The molecular weight excluding hydrogens is 254 g/mol. The molecule has 1 aliphatic carbocycles. The number of nitrogens with zero attached hydrogens (tertiary/aromatic N) is 1. The average Bonchev–Trinajstić information content (AvgIpc) is 2.38. The normalized spacial score (nSPS) is 17.9. The first kappa shape index (κ1) is 17.0. The summed E-state index contributed by atoms with van der Waals surface area (Å²) in [5.41, 5.74) is -0.0713. The van der Waals surface area contributed by atoms with Gasteiger partial charge in [-0.3, -0.25) is 9.59 Å². The van der Waals surface area contributed by atoms with Crippen molar-refractivity contribution < 1.29 is 9.59 Å². The lowest BCUT2D eigenvalue weighted by molar-refractivity contribution is -0.136. The molecule has 2 N–H and O–H groups in total. The maximum atomic E-state index is 12.3. The van der Waals surface area contributed by atoms with E-state index in [-0.39, 0.29) is 29.9 Å². The second-order valence-corrected chi connectivity index (χ2v) is 6.24. The van der Waals surface area contributed by atoms with Crippen LogP contribution in [0.1, 0.15) is 52.4 Å². The number of rotatable bonds is 6. The predicted molar refractivity (Wildman–Crippen MR) is 80.4 cm³/mol. The quantitative estimate of drug-likeness (QED) is 0.772. The molecule has 0 aromatic carbocycles. The van der Waals surface area contributed by atoms with Gasteiger partial charge in [0, 0.05) is 25.0 Å². The highest BCUT2D eigenvalue weighted by Crippen LogP contribution is 2.31. The molecule has 1 saturated carbocycles. The van der Waals surface area contributed by atoms with E-state index < -0.39 is 0 Å². The van der Waals surface area contributed by atoms with Crippen molar-refractivity contribution in [3.63, 3.8) is 0 Å². The molecule has 0 aromatic rings. The number of carbonyl (C=O) groups is 2. The fourth-order valence-corrected chi connectivity index (χ4v) is 2.84. The standard InChI is InChI=1S/C15H29N3O2/c1-12(2)17-13(19)11-18(4)14(20)10-15(16-3)8-6-5-7-9-15/h12,16H,5-11H2,1-4H3,(H,17,19). The molecule has 2 amide bonds. The molecule has 0 unspecified atom stereocenters. The molecule has 1 aliphatic rings. The van der Waals surface area contributed by atoms with Crippen LogP contribution in [-0.4, -0.2) is 48.9 Å². The average molecular weight is 283 g/mol. The van der Waals surface area contributed by atoms with Gasteiger partial charge in [-0.15, -0.1) is 0 Å². The van der Waals surface area contributed by atoms with Crippen LogP contribution in [0.3, 0.4) is 0 Å².